The Bertz CT molecular complexity index is 264. The van der Waals surface area contributed by atoms with Gasteiger partial charge in [-0.15, -0.1) is 11.3 Å². The van der Waals surface area contributed by atoms with E-state index in [1.165, 1.54) is 4.88 Å². The van der Waals surface area contributed by atoms with Crippen LogP contribution in [-0.2, 0) is 11.3 Å². The maximum atomic E-state index is 5.75. The van der Waals surface area contributed by atoms with Crippen molar-refractivity contribution in [1.29, 1.82) is 0 Å². The number of thiazole rings is 1. The van der Waals surface area contributed by atoms with Gasteiger partial charge in [0.1, 0.15) is 5.01 Å². The van der Waals surface area contributed by atoms with Crippen molar-refractivity contribution in [2.24, 2.45) is 5.73 Å². The summed E-state index contributed by atoms with van der Waals surface area (Å²) in [5.41, 5.74) is 5.75. The third-order valence-corrected chi connectivity index (χ3v) is 2.65. The number of nitrogens with zero attached hydrogens (tertiary/aromatic N) is 1. The Balaban J connectivity index is 2.15. The molecule has 4 nitrogen and oxygen atoms in total. The topological polar surface area (TPSA) is 60.2 Å². The molecule has 0 amide bonds. The molecule has 1 atom stereocenters. The van der Waals surface area contributed by atoms with Crippen LogP contribution in [0.15, 0.2) is 6.20 Å². The smallest absolute Gasteiger partial charge is 0.107 e. The Kier molecular flexibility index (Phi) is 5.03. The molecular formula is C9H17N3OS. The van der Waals surface area contributed by atoms with E-state index >= 15 is 0 Å². The number of nitrogens with two attached hydrogens (primary N) is 1. The third-order valence-electron chi connectivity index (χ3n) is 1.73. The first-order valence-electron chi connectivity index (χ1n) is 4.59. The van der Waals surface area contributed by atoms with Gasteiger partial charge in [0.15, 0.2) is 0 Å². The highest BCUT2D eigenvalue weighted by atomic mass is 32.1. The van der Waals surface area contributed by atoms with Gasteiger partial charge < -0.3 is 15.8 Å². The molecule has 0 aliphatic rings. The second-order valence-electron chi connectivity index (χ2n) is 3.21. The molecule has 0 saturated heterocycles. The summed E-state index contributed by atoms with van der Waals surface area (Å²) in [6.45, 7) is 4.18. The number of methoxy groups -OCH3 is 1. The average Bonchev–Trinajstić information content (AvgIpc) is 2.52. The minimum Gasteiger partial charge on any atom is -0.383 e. The first-order valence-corrected chi connectivity index (χ1v) is 5.40. The monoisotopic (exact) mass is 215 g/mol. The van der Waals surface area contributed by atoms with Gasteiger partial charge in [-0.25, -0.2) is 4.98 Å². The van der Waals surface area contributed by atoms with Gasteiger partial charge in [0, 0.05) is 37.3 Å². The fourth-order valence-electron chi connectivity index (χ4n) is 1.12. The van der Waals surface area contributed by atoms with Crippen LogP contribution in [0, 0.1) is 6.92 Å². The highest BCUT2D eigenvalue weighted by Gasteiger charge is 2.02. The van der Waals surface area contributed by atoms with Gasteiger partial charge in [-0.1, -0.05) is 0 Å². The lowest BCUT2D eigenvalue weighted by molar-refractivity contribution is 0.179. The molecule has 0 radical (unpaired) electrons. The molecule has 1 rings (SSSR count). The van der Waals surface area contributed by atoms with Crippen molar-refractivity contribution < 1.29 is 4.74 Å². The normalized spacial score (nSPS) is 13.1. The van der Waals surface area contributed by atoms with Gasteiger partial charge in [-0.2, -0.15) is 0 Å². The molecule has 1 aromatic rings. The van der Waals surface area contributed by atoms with Crippen molar-refractivity contribution in [3.63, 3.8) is 0 Å². The van der Waals surface area contributed by atoms with Crippen molar-refractivity contribution in [3.05, 3.63) is 16.1 Å². The lowest BCUT2D eigenvalue weighted by atomic mass is 10.3. The Morgan fingerprint density at radius 3 is 3.07 bits per heavy atom. The second-order valence-corrected chi connectivity index (χ2v) is 4.53. The van der Waals surface area contributed by atoms with Gasteiger partial charge in [0.25, 0.3) is 0 Å². The van der Waals surface area contributed by atoms with E-state index in [0.717, 1.165) is 18.1 Å². The van der Waals surface area contributed by atoms with Crippen molar-refractivity contribution in [2.45, 2.75) is 19.5 Å². The molecule has 1 heterocycles. The van der Waals surface area contributed by atoms with Gasteiger partial charge in [0.05, 0.1) is 6.61 Å². The zero-order valence-electron chi connectivity index (χ0n) is 8.62. The standard InChI is InChI=1S/C9H17N3OS/c1-7-3-12-9(14-7)5-11-4-8(10)6-13-2/h3,8,11H,4-6,10H2,1-2H3. The number of rotatable bonds is 6. The zero-order valence-corrected chi connectivity index (χ0v) is 9.43. The molecule has 0 aromatic carbocycles. The molecule has 80 valence electrons. The van der Waals surface area contributed by atoms with Crippen LogP contribution in [0.25, 0.3) is 0 Å². The second kappa shape index (κ2) is 6.08. The number of ether oxygens (including phenoxy) is 1. The average molecular weight is 215 g/mol. The maximum Gasteiger partial charge on any atom is 0.107 e. The van der Waals surface area contributed by atoms with E-state index in [1.807, 2.05) is 6.20 Å². The maximum absolute atomic E-state index is 5.75. The number of nitrogens with one attached hydrogen (secondary N) is 1. The molecule has 3 N–H and O–H groups in total. The fraction of sp³-hybridized carbons (Fsp3) is 0.667. The van der Waals surface area contributed by atoms with Crippen molar-refractivity contribution in [2.75, 3.05) is 20.3 Å². The number of hydrogen-bond donors (Lipinski definition) is 2. The Morgan fingerprint density at radius 2 is 2.50 bits per heavy atom. The van der Waals surface area contributed by atoms with E-state index in [0.29, 0.717) is 6.61 Å². The van der Waals surface area contributed by atoms with Crippen LogP contribution in [-0.4, -0.2) is 31.3 Å². The van der Waals surface area contributed by atoms with E-state index in [4.69, 9.17) is 10.5 Å². The van der Waals surface area contributed by atoms with Crippen LogP contribution in [0.3, 0.4) is 0 Å². The summed E-state index contributed by atoms with van der Waals surface area (Å²) in [6.07, 6.45) is 1.89. The van der Waals surface area contributed by atoms with Crippen molar-refractivity contribution >= 4 is 11.3 Å². The van der Waals surface area contributed by atoms with Crippen LogP contribution in [0.2, 0.25) is 0 Å². The molecule has 1 aromatic heterocycles. The highest BCUT2D eigenvalue weighted by molar-refractivity contribution is 7.11. The molecular weight excluding hydrogens is 198 g/mol. The van der Waals surface area contributed by atoms with Gasteiger partial charge in [-0.3, -0.25) is 0 Å². The van der Waals surface area contributed by atoms with Gasteiger partial charge in [-0.05, 0) is 6.92 Å². The van der Waals surface area contributed by atoms with Crippen LogP contribution in [0.4, 0.5) is 0 Å². The predicted molar refractivity (Wildman–Crippen MR) is 58.4 cm³/mol. The predicted octanol–water partition coefficient (Wildman–Crippen LogP) is 0.515. The molecule has 1 unspecified atom stereocenters. The zero-order chi connectivity index (χ0) is 10.4. The number of hydrogen-bond acceptors (Lipinski definition) is 5. The molecule has 14 heavy (non-hydrogen) atoms. The lowest BCUT2D eigenvalue weighted by Gasteiger charge is -2.10. The first kappa shape index (κ1) is 11.6. The first-order chi connectivity index (χ1) is 6.72. The number of aryl methyl sites for hydroxylation is 1. The highest BCUT2D eigenvalue weighted by Crippen LogP contribution is 2.10. The molecule has 0 spiro atoms. The van der Waals surface area contributed by atoms with Gasteiger partial charge in [0.2, 0.25) is 0 Å². The summed E-state index contributed by atoms with van der Waals surface area (Å²) < 4.78 is 4.93. The van der Waals surface area contributed by atoms with Crippen LogP contribution < -0.4 is 11.1 Å². The van der Waals surface area contributed by atoms with Crippen molar-refractivity contribution in [1.82, 2.24) is 10.3 Å². The fourth-order valence-corrected chi connectivity index (χ4v) is 1.88. The Labute approximate surface area is 88.5 Å². The molecule has 0 bridgehead atoms. The van der Waals surface area contributed by atoms with Crippen LogP contribution in [0.1, 0.15) is 9.88 Å². The lowest BCUT2D eigenvalue weighted by Crippen LogP contribution is -2.36. The quantitative estimate of drug-likeness (QED) is 0.726. The Morgan fingerprint density at radius 1 is 1.71 bits per heavy atom. The van der Waals surface area contributed by atoms with Crippen molar-refractivity contribution in [3.8, 4) is 0 Å². The summed E-state index contributed by atoms with van der Waals surface area (Å²) in [5.74, 6) is 0. The Hall–Kier alpha value is -0.490. The molecule has 0 fully saturated rings. The molecule has 0 saturated carbocycles. The molecule has 5 heteroatoms. The van der Waals surface area contributed by atoms with Crippen LogP contribution in [0.5, 0.6) is 0 Å². The van der Waals surface area contributed by atoms with E-state index < -0.39 is 0 Å². The van der Waals surface area contributed by atoms with E-state index in [1.54, 1.807) is 18.4 Å². The van der Waals surface area contributed by atoms with E-state index in [-0.39, 0.29) is 6.04 Å². The summed E-state index contributed by atoms with van der Waals surface area (Å²) in [5, 5.41) is 4.35. The number of aromatic nitrogens is 1. The summed E-state index contributed by atoms with van der Waals surface area (Å²) in [4.78, 5) is 5.48. The summed E-state index contributed by atoms with van der Waals surface area (Å²) >= 11 is 1.71. The van der Waals surface area contributed by atoms with E-state index in [9.17, 15) is 0 Å². The van der Waals surface area contributed by atoms with E-state index in [2.05, 4.69) is 17.2 Å². The summed E-state index contributed by atoms with van der Waals surface area (Å²) in [7, 11) is 1.66. The summed E-state index contributed by atoms with van der Waals surface area (Å²) in [6, 6.07) is 0.0565. The molecule has 0 aliphatic carbocycles. The molecule has 0 aliphatic heterocycles. The minimum absolute atomic E-state index is 0.0565. The van der Waals surface area contributed by atoms with Crippen LogP contribution >= 0.6 is 11.3 Å². The third kappa shape index (κ3) is 4.15. The van der Waals surface area contributed by atoms with Gasteiger partial charge >= 0.3 is 0 Å². The SMILES string of the molecule is COCC(N)CNCc1ncc(C)s1. The largest absolute Gasteiger partial charge is 0.383 e. The minimum atomic E-state index is 0.0565.